The van der Waals surface area contributed by atoms with E-state index >= 15 is 0 Å². The van der Waals surface area contributed by atoms with Gasteiger partial charge in [-0.05, 0) is 24.6 Å². The van der Waals surface area contributed by atoms with Crippen LogP contribution in [0.1, 0.15) is 18.4 Å². The summed E-state index contributed by atoms with van der Waals surface area (Å²) in [7, 11) is 1.27. The SMILES string of the molecule is COC(=O)CCC(=O)Oc1cc(C)ccc1Cl. The number of esters is 2. The number of carbonyl (C=O) groups excluding carboxylic acids is 2. The fourth-order valence-electron chi connectivity index (χ4n) is 1.17. The van der Waals surface area contributed by atoms with Crippen LogP contribution in [-0.2, 0) is 14.3 Å². The Morgan fingerprint density at radius 2 is 1.88 bits per heavy atom. The van der Waals surface area contributed by atoms with E-state index in [1.54, 1.807) is 12.1 Å². The van der Waals surface area contributed by atoms with E-state index in [1.165, 1.54) is 7.11 Å². The van der Waals surface area contributed by atoms with Crippen LogP contribution in [0.5, 0.6) is 5.75 Å². The molecule has 0 aliphatic carbocycles. The van der Waals surface area contributed by atoms with Crippen LogP contribution >= 0.6 is 11.6 Å². The maximum Gasteiger partial charge on any atom is 0.311 e. The molecule has 0 aliphatic rings. The Hall–Kier alpha value is -1.55. The van der Waals surface area contributed by atoms with E-state index in [0.717, 1.165) is 5.56 Å². The van der Waals surface area contributed by atoms with Crippen molar-refractivity contribution in [3.05, 3.63) is 28.8 Å². The highest BCUT2D eigenvalue weighted by Gasteiger charge is 2.11. The minimum atomic E-state index is -0.511. The molecule has 0 aliphatic heterocycles. The Kier molecular flexibility index (Phi) is 4.97. The number of methoxy groups -OCH3 is 1. The first-order valence-electron chi connectivity index (χ1n) is 5.06. The fourth-order valence-corrected chi connectivity index (χ4v) is 1.32. The zero-order chi connectivity index (χ0) is 12.8. The average molecular weight is 257 g/mol. The van der Waals surface area contributed by atoms with Gasteiger partial charge in [0.2, 0.25) is 0 Å². The van der Waals surface area contributed by atoms with E-state index in [0.29, 0.717) is 10.8 Å². The molecule has 17 heavy (non-hydrogen) atoms. The van der Waals surface area contributed by atoms with Gasteiger partial charge in [-0.25, -0.2) is 0 Å². The summed E-state index contributed by atoms with van der Waals surface area (Å²) in [6.07, 6.45) is -0.0320. The molecule has 1 rings (SSSR count). The van der Waals surface area contributed by atoms with Crippen LogP contribution in [0.15, 0.2) is 18.2 Å². The lowest BCUT2D eigenvalue weighted by molar-refractivity contribution is -0.144. The molecule has 0 spiro atoms. The second-order valence-corrected chi connectivity index (χ2v) is 3.89. The number of carbonyl (C=O) groups is 2. The Bertz CT molecular complexity index is 429. The summed E-state index contributed by atoms with van der Waals surface area (Å²) >= 11 is 5.86. The topological polar surface area (TPSA) is 52.6 Å². The number of hydrogen-bond donors (Lipinski definition) is 0. The minimum absolute atomic E-state index is 0.00122. The molecule has 0 unspecified atom stereocenters. The molecule has 0 heterocycles. The largest absolute Gasteiger partial charge is 0.469 e. The smallest absolute Gasteiger partial charge is 0.311 e. The number of benzene rings is 1. The molecule has 0 N–H and O–H groups in total. The first kappa shape index (κ1) is 13.5. The monoisotopic (exact) mass is 256 g/mol. The van der Waals surface area contributed by atoms with E-state index in [4.69, 9.17) is 16.3 Å². The van der Waals surface area contributed by atoms with Gasteiger partial charge in [-0.2, -0.15) is 0 Å². The highest BCUT2D eigenvalue weighted by atomic mass is 35.5. The number of halogens is 1. The van der Waals surface area contributed by atoms with Gasteiger partial charge in [-0.3, -0.25) is 9.59 Å². The summed E-state index contributed by atoms with van der Waals surface area (Å²) in [5.41, 5.74) is 0.935. The van der Waals surface area contributed by atoms with Crippen molar-refractivity contribution in [1.29, 1.82) is 0 Å². The first-order chi connectivity index (χ1) is 8.02. The Labute approximate surface area is 104 Å². The standard InChI is InChI=1S/C12H13ClO4/c1-8-3-4-9(13)10(7-8)17-12(15)6-5-11(14)16-2/h3-4,7H,5-6H2,1-2H3. The summed E-state index contributed by atoms with van der Waals surface area (Å²) in [5, 5.41) is 0.363. The predicted octanol–water partition coefficient (Wildman–Crippen LogP) is 2.51. The van der Waals surface area contributed by atoms with Crippen molar-refractivity contribution in [3.8, 4) is 5.75 Å². The van der Waals surface area contributed by atoms with Gasteiger partial charge in [-0.15, -0.1) is 0 Å². The van der Waals surface area contributed by atoms with Crippen molar-refractivity contribution >= 4 is 23.5 Å². The lowest BCUT2D eigenvalue weighted by atomic mass is 10.2. The van der Waals surface area contributed by atoms with Crippen molar-refractivity contribution < 1.29 is 19.1 Å². The van der Waals surface area contributed by atoms with Gasteiger partial charge in [0.1, 0.15) is 5.75 Å². The maximum absolute atomic E-state index is 11.4. The molecule has 92 valence electrons. The van der Waals surface area contributed by atoms with E-state index in [1.807, 2.05) is 13.0 Å². The second-order valence-electron chi connectivity index (χ2n) is 3.48. The molecule has 1 aromatic rings. The van der Waals surface area contributed by atoms with Crippen LogP contribution in [0.2, 0.25) is 5.02 Å². The molecule has 0 bridgehead atoms. The molecule has 0 amide bonds. The molecule has 1 aromatic carbocycles. The van der Waals surface area contributed by atoms with Gasteiger partial charge in [0.15, 0.2) is 0 Å². The fraction of sp³-hybridized carbons (Fsp3) is 0.333. The third kappa shape index (κ3) is 4.44. The van der Waals surface area contributed by atoms with E-state index < -0.39 is 11.9 Å². The minimum Gasteiger partial charge on any atom is -0.469 e. The Morgan fingerprint density at radius 3 is 2.53 bits per heavy atom. The first-order valence-corrected chi connectivity index (χ1v) is 5.44. The van der Waals surface area contributed by atoms with Crippen molar-refractivity contribution in [2.45, 2.75) is 19.8 Å². The van der Waals surface area contributed by atoms with Gasteiger partial charge in [0, 0.05) is 0 Å². The van der Waals surface area contributed by atoms with Crippen molar-refractivity contribution in [2.24, 2.45) is 0 Å². The molecule has 0 aromatic heterocycles. The number of aryl methyl sites for hydroxylation is 1. The summed E-state index contributed by atoms with van der Waals surface area (Å²) in [6.45, 7) is 1.86. The highest BCUT2D eigenvalue weighted by molar-refractivity contribution is 6.32. The maximum atomic E-state index is 11.4. The van der Waals surface area contributed by atoms with Crippen molar-refractivity contribution in [1.82, 2.24) is 0 Å². The van der Waals surface area contributed by atoms with Crippen LogP contribution < -0.4 is 4.74 Å². The number of hydrogen-bond acceptors (Lipinski definition) is 4. The zero-order valence-corrected chi connectivity index (χ0v) is 10.4. The second kappa shape index (κ2) is 6.25. The number of ether oxygens (including phenoxy) is 2. The van der Waals surface area contributed by atoms with Gasteiger partial charge in [0.05, 0.1) is 25.0 Å². The lowest BCUT2D eigenvalue weighted by Crippen LogP contribution is -2.11. The molecule has 0 saturated heterocycles. The molecular weight excluding hydrogens is 244 g/mol. The molecule has 0 radical (unpaired) electrons. The lowest BCUT2D eigenvalue weighted by Gasteiger charge is -2.06. The molecule has 5 heteroatoms. The van der Waals surface area contributed by atoms with E-state index in [2.05, 4.69) is 4.74 Å². The van der Waals surface area contributed by atoms with E-state index in [9.17, 15) is 9.59 Å². The van der Waals surface area contributed by atoms with Crippen LogP contribution in [0.25, 0.3) is 0 Å². The van der Waals surface area contributed by atoms with Gasteiger partial charge in [-0.1, -0.05) is 17.7 Å². The predicted molar refractivity (Wildman–Crippen MR) is 63.1 cm³/mol. The Balaban J connectivity index is 2.56. The van der Waals surface area contributed by atoms with Gasteiger partial charge < -0.3 is 9.47 Å². The Morgan fingerprint density at radius 1 is 1.24 bits per heavy atom. The summed E-state index contributed by atoms with van der Waals surface area (Å²) < 4.78 is 9.46. The van der Waals surface area contributed by atoms with Crippen LogP contribution in [0, 0.1) is 6.92 Å². The van der Waals surface area contributed by atoms with Crippen molar-refractivity contribution in [2.75, 3.05) is 7.11 Å². The van der Waals surface area contributed by atoms with Crippen LogP contribution in [0.4, 0.5) is 0 Å². The van der Waals surface area contributed by atoms with E-state index in [-0.39, 0.29) is 12.8 Å². The summed E-state index contributed by atoms with van der Waals surface area (Å²) in [4.78, 5) is 22.2. The third-order valence-electron chi connectivity index (χ3n) is 2.07. The molecule has 0 saturated carbocycles. The zero-order valence-electron chi connectivity index (χ0n) is 9.66. The molecule has 0 fully saturated rings. The normalized spacial score (nSPS) is 9.82. The average Bonchev–Trinajstić information content (AvgIpc) is 2.30. The van der Waals surface area contributed by atoms with Crippen molar-refractivity contribution in [3.63, 3.8) is 0 Å². The molecular formula is C12H13ClO4. The highest BCUT2D eigenvalue weighted by Crippen LogP contribution is 2.25. The van der Waals surface area contributed by atoms with Crippen LogP contribution in [0.3, 0.4) is 0 Å². The number of rotatable bonds is 4. The van der Waals surface area contributed by atoms with Gasteiger partial charge >= 0.3 is 11.9 Å². The van der Waals surface area contributed by atoms with Gasteiger partial charge in [0.25, 0.3) is 0 Å². The van der Waals surface area contributed by atoms with Crippen LogP contribution in [-0.4, -0.2) is 19.0 Å². The quantitative estimate of drug-likeness (QED) is 0.614. The molecule has 4 nitrogen and oxygen atoms in total. The molecule has 0 atom stereocenters. The summed E-state index contributed by atoms with van der Waals surface area (Å²) in [6, 6.07) is 5.13. The summed E-state index contributed by atoms with van der Waals surface area (Å²) in [5.74, 6) is -0.651. The third-order valence-corrected chi connectivity index (χ3v) is 2.38.